The molecule has 24 heavy (non-hydrogen) atoms. The van der Waals surface area contributed by atoms with E-state index < -0.39 is 0 Å². The third kappa shape index (κ3) is 2.53. The van der Waals surface area contributed by atoms with Crippen LogP contribution in [0.5, 0.6) is 11.5 Å². The highest BCUT2D eigenvalue weighted by Crippen LogP contribution is 2.40. The molecule has 4 rings (SSSR count). The summed E-state index contributed by atoms with van der Waals surface area (Å²) in [6.45, 7) is 0.139. The van der Waals surface area contributed by atoms with Crippen LogP contribution >= 0.6 is 23.4 Å². The largest absolute Gasteiger partial charge is 0.454 e. The number of amides is 2. The fraction of sp³-hybridized carbons (Fsp3) is 0.0588. The predicted octanol–water partition coefficient (Wildman–Crippen LogP) is 4.31. The SMILES string of the molecule is O=C1SC(=Cc2cc3c(cc2Cl)OCO3)C(=O)N1c1ccccc1. The number of fused-ring (bicyclic) bond motifs is 1. The van der Waals surface area contributed by atoms with E-state index in [9.17, 15) is 9.59 Å². The lowest BCUT2D eigenvalue weighted by molar-refractivity contribution is -0.113. The number of nitrogens with zero attached hydrogens (tertiary/aromatic N) is 1. The number of carbonyl (C=O) groups excluding carboxylic acids is 2. The first-order chi connectivity index (χ1) is 11.6. The van der Waals surface area contributed by atoms with Crippen molar-refractivity contribution in [2.75, 3.05) is 11.7 Å². The zero-order chi connectivity index (χ0) is 16.7. The minimum absolute atomic E-state index is 0.139. The van der Waals surface area contributed by atoms with E-state index in [4.69, 9.17) is 21.1 Å². The monoisotopic (exact) mass is 359 g/mol. The number of imide groups is 1. The highest BCUT2D eigenvalue weighted by Gasteiger charge is 2.36. The Morgan fingerprint density at radius 3 is 2.54 bits per heavy atom. The number of para-hydroxylation sites is 1. The van der Waals surface area contributed by atoms with E-state index in [0.29, 0.717) is 32.7 Å². The van der Waals surface area contributed by atoms with Crippen molar-refractivity contribution in [1.82, 2.24) is 0 Å². The van der Waals surface area contributed by atoms with E-state index in [2.05, 4.69) is 0 Å². The lowest BCUT2D eigenvalue weighted by Crippen LogP contribution is -2.27. The summed E-state index contributed by atoms with van der Waals surface area (Å²) in [5.74, 6) is 0.757. The number of ether oxygens (including phenoxy) is 2. The molecule has 2 amide bonds. The van der Waals surface area contributed by atoms with Crippen LogP contribution in [0.25, 0.3) is 6.08 Å². The second-order valence-electron chi connectivity index (χ2n) is 5.08. The van der Waals surface area contributed by atoms with Gasteiger partial charge in [-0.1, -0.05) is 29.8 Å². The van der Waals surface area contributed by atoms with Crippen LogP contribution in [0.3, 0.4) is 0 Å². The molecular weight excluding hydrogens is 350 g/mol. The minimum Gasteiger partial charge on any atom is -0.454 e. The van der Waals surface area contributed by atoms with Gasteiger partial charge in [-0.05, 0) is 41.6 Å². The van der Waals surface area contributed by atoms with Crippen LogP contribution in [0.2, 0.25) is 5.02 Å². The fourth-order valence-electron chi connectivity index (χ4n) is 2.45. The molecule has 0 unspecified atom stereocenters. The van der Waals surface area contributed by atoms with E-state index in [1.807, 2.05) is 6.07 Å². The zero-order valence-electron chi connectivity index (χ0n) is 12.2. The van der Waals surface area contributed by atoms with Crippen LogP contribution in [0, 0.1) is 0 Å². The number of thioether (sulfide) groups is 1. The third-order valence-corrected chi connectivity index (χ3v) is 4.78. The van der Waals surface area contributed by atoms with Gasteiger partial charge in [-0.15, -0.1) is 0 Å². The molecule has 1 saturated heterocycles. The zero-order valence-corrected chi connectivity index (χ0v) is 13.8. The summed E-state index contributed by atoms with van der Waals surface area (Å²) in [6.07, 6.45) is 1.60. The topological polar surface area (TPSA) is 55.8 Å². The molecule has 5 nitrogen and oxygen atoms in total. The molecule has 0 atom stereocenters. The maximum absolute atomic E-state index is 12.6. The second kappa shape index (κ2) is 5.89. The fourth-order valence-corrected chi connectivity index (χ4v) is 3.49. The molecule has 2 heterocycles. The van der Waals surface area contributed by atoms with Gasteiger partial charge in [0.2, 0.25) is 6.79 Å². The number of anilines is 1. The number of rotatable bonds is 2. The van der Waals surface area contributed by atoms with Crippen LogP contribution in [0.15, 0.2) is 47.4 Å². The van der Waals surface area contributed by atoms with Gasteiger partial charge >= 0.3 is 0 Å². The Bertz CT molecular complexity index is 882. The highest BCUT2D eigenvalue weighted by atomic mass is 35.5. The van der Waals surface area contributed by atoms with Gasteiger partial charge in [-0.3, -0.25) is 9.59 Å². The number of benzene rings is 2. The molecule has 2 aliphatic heterocycles. The van der Waals surface area contributed by atoms with Crippen LogP contribution in [0.1, 0.15) is 5.56 Å². The van der Waals surface area contributed by atoms with Crippen molar-refractivity contribution < 1.29 is 19.1 Å². The number of hydrogen-bond donors (Lipinski definition) is 0. The van der Waals surface area contributed by atoms with Gasteiger partial charge in [0.05, 0.1) is 15.6 Å². The molecule has 0 aliphatic carbocycles. The molecular formula is C17H10ClNO4S. The normalized spacial score (nSPS) is 17.9. The van der Waals surface area contributed by atoms with E-state index in [1.165, 1.54) is 0 Å². The number of hydrogen-bond acceptors (Lipinski definition) is 5. The van der Waals surface area contributed by atoms with Gasteiger partial charge < -0.3 is 9.47 Å². The Morgan fingerprint density at radius 1 is 1.08 bits per heavy atom. The highest BCUT2D eigenvalue weighted by molar-refractivity contribution is 8.19. The quantitative estimate of drug-likeness (QED) is 0.748. The molecule has 2 aromatic rings. The summed E-state index contributed by atoms with van der Waals surface area (Å²) in [5.41, 5.74) is 1.14. The van der Waals surface area contributed by atoms with E-state index in [1.54, 1.807) is 42.5 Å². The first-order valence-electron chi connectivity index (χ1n) is 7.05. The summed E-state index contributed by atoms with van der Waals surface area (Å²) in [6, 6.07) is 12.1. The maximum atomic E-state index is 12.6. The average Bonchev–Trinajstić information content (AvgIpc) is 3.13. The molecule has 0 N–H and O–H groups in total. The molecule has 120 valence electrons. The van der Waals surface area contributed by atoms with Crippen molar-refractivity contribution in [3.63, 3.8) is 0 Å². The van der Waals surface area contributed by atoms with Gasteiger partial charge in [0.1, 0.15) is 0 Å². The first-order valence-corrected chi connectivity index (χ1v) is 8.25. The standard InChI is InChI=1S/C17H10ClNO4S/c18-12-8-14-13(22-9-23-14)6-10(12)7-15-16(20)19(17(21)24-15)11-4-2-1-3-5-11/h1-8H,9H2. The van der Waals surface area contributed by atoms with Crippen molar-refractivity contribution in [3.05, 3.63) is 58.0 Å². The molecule has 7 heteroatoms. The second-order valence-corrected chi connectivity index (χ2v) is 6.48. The molecule has 0 radical (unpaired) electrons. The van der Waals surface area contributed by atoms with Crippen molar-refractivity contribution in [1.29, 1.82) is 0 Å². The van der Waals surface area contributed by atoms with Crippen molar-refractivity contribution in [2.45, 2.75) is 0 Å². The third-order valence-electron chi connectivity index (χ3n) is 3.59. The van der Waals surface area contributed by atoms with Gasteiger partial charge in [0, 0.05) is 6.07 Å². The minimum atomic E-state index is -0.370. The molecule has 0 spiro atoms. The smallest absolute Gasteiger partial charge is 0.298 e. The molecule has 2 aromatic carbocycles. The summed E-state index contributed by atoms with van der Waals surface area (Å²) in [4.78, 5) is 26.3. The van der Waals surface area contributed by atoms with Gasteiger partial charge in [-0.25, -0.2) is 4.90 Å². The van der Waals surface area contributed by atoms with E-state index in [0.717, 1.165) is 16.7 Å². The Kier molecular flexibility index (Phi) is 3.70. The summed E-state index contributed by atoms with van der Waals surface area (Å²) in [5, 5.41) is 0.0834. The Hall–Kier alpha value is -2.44. The predicted molar refractivity (Wildman–Crippen MR) is 92.5 cm³/mol. The van der Waals surface area contributed by atoms with Gasteiger partial charge in [-0.2, -0.15) is 0 Å². The number of carbonyl (C=O) groups is 2. The van der Waals surface area contributed by atoms with Crippen LogP contribution in [-0.2, 0) is 4.79 Å². The van der Waals surface area contributed by atoms with Gasteiger partial charge in [0.15, 0.2) is 11.5 Å². The number of halogens is 1. The Morgan fingerprint density at radius 2 is 1.79 bits per heavy atom. The lowest BCUT2D eigenvalue weighted by atomic mass is 10.1. The van der Waals surface area contributed by atoms with Crippen LogP contribution in [0.4, 0.5) is 10.5 Å². The lowest BCUT2D eigenvalue weighted by Gasteiger charge is -2.11. The maximum Gasteiger partial charge on any atom is 0.298 e. The van der Waals surface area contributed by atoms with Crippen molar-refractivity contribution in [2.24, 2.45) is 0 Å². The molecule has 2 aliphatic rings. The molecule has 0 aromatic heterocycles. The van der Waals surface area contributed by atoms with Crippen molar-refractivity contribution >= 4 is 46.3 Å². The molecule has 0 saturated carbocycles. The van der Waals surface area contributed by atoms with Crippen LogP contribution in [-0.4, -0.2) is 17.9 Å². The van der Waals surface area contributed by atoms with Gasteiger partial charge in [0.25, 0.3) is 11.1 Å². The molecule has 1 fully saturated rings. The Balaban J connectivity index is 1.70. The summed E-state index contributed by atoms with van der Waals surface area (Å²) >= 11 is 7.11. The molecule has 0 bridgehead atoms. The van der Waals surface area contributed by atoms with E-state index >= 15 is 0 Å². The summed E-state index contributed by atoms with van der Waals surface area (Å²) in [7, 11) is 0. The van der Waals surface area contributed by atoms with E-state index in [-0.39, 0.29) is 17.9 Å². The summed E-state index contributed by atoms with van der Waals surface area (Å²) < 4.78 is 10.6. The van der Waals surface area contributed by atoms with Crippen molar-refractivity contribution in [3.8, 4) is 11.5 Å². The van der Waals surface area contributed by atoms with Crippen LogP contribution < -0.4 is 14.4 Å². The Labute approximate surface area is 146 Å². The average molecular weight is 360 g/mol. The first kappa shape index (κ1) is 15.1.